The third-order valence-corrected chi connectivity index (χ3v) is 4.44. The van der Waals surface area contributed by atoms with Gasteiger partial charge in [-0.25, -0.2) is 0 Å². The van der Waals surface area contributed by atoms with Crippen molar-refractivity contribution in [2.45, 2.75) is 33.2 Å². The molecular formula is C16H21NO3. The van der Waals surface area contributed by atoms with Crippen molar-refractivity contribution in [3.8, 4) is 0 Å². The van der Waals surface area contributed by atoms with Gasteiger partial charge in [0, 0.05) is 6.42 Å². The van der Waals surface area contributed by atoms with Gasteiger partial charge < -0.3 is 5.11 Å². The molecule has 20 heavy (non-hydrogen) atoms. The fraction of sp³-hybridized carbons (Fsp3) is 0.500. The highest BCUT2D eigenvalue weighted by atomic mass is 16.3. The number of amides is 2. The third kappa shape index (κ3) is 2.24. The van der Waals surface area contributed by atoms with Gasteiger partial charge in [0.25, 0.3) is 0 Å². The molecule has 1 aliphatic rings. The molecule has 1 aromatic carbocycles. The first kappa shape index (κ1) is 14.7. The van der Waals surface area contributed by atoms with Crippen molar-refractivity contribution in [2.24, 2.45) is 11.3 Å². The van der Waals surface area contributed by atoms with E-state index in [9.17, 15) is 14.7 Å². The molecule has 1 saturated heterocycles. The Kier molecular flexibility index (Phi) is 3.95. The van der Waals surface area contributed by atoms with Crippen molar-refractivity contribution in [3.05, 3.63) is 35.9 Å². The summed E-state index contributed by atoms with van der Waals surface area (Å²) < 4.78 is 0. The second-order valence-corrected chi connectivity index (χ2v) is 5.93. The number of benzene rings is 1. The molecule has 1 fully saturated rings. The van der Waals surface area contributed by atoms with E-state index in [1.165, 1.54) is 4.90 Å². The first-order valence-electron chi connectivity index (χ1n) is 6.94. The predicted octanol–water partition coefficient (Wildman–Crippen LogP) is 2.14. The van der Waals surface area contributed by atoms with Crippen LogP contribution in [0, 0.1) is 11.3 Å². The summed E-state index contributed by atoms with van der Waals surface area (Å²) in [6.07, 6.45) is 0.215. The van der Waals surface area contributed by atoms with Crippen LogP contribution >= 0.6 is 0 Å². The van der Waals surface area contributed by atoms with Crippen molar-refractivity contribution >= 4 is 11.8 Å². The van der Waals surface area contributed by atoms with Gasteiger partial charge in [0.05, 0.1) is 18.1 Å². The second kappa shape index (κ2) is 5.37. The van der Waals surface area contributed by atoms with Gasteiger partial charge in [-0.15, -0.1) is 0 Å². The highest BCUT2D eigenvalue weighted by Crippen LogP contribution is 2.42. The van der Waals surface area contributed by atoms with Gasteiger partial charge in [0.1, 0.15) is 0 Å². The maximum Gasteiger partial charge on any atom is 0.236 e. The molecule has 1 aromatic rings. The number of nitrogens with zero attached hydrogens (tertiary/aromatic N) is 1. The number of aliphatic hydroxyl groups is 1. The number of carbonyl (C=O) groups is 2. The van der Waals surface area contributed by atoms with E-state index in [2.05, 4.69) is 0 Å². The van der Waals surface area contributed by atoms with E-state index in [-0.39, 0.29) is 30.8 Å². The Bertz CT molecular complexity index is 512. The number of carbonyl (C=O) groups excluding carboxylic acids is 2. The monoisotopic (exact) mass is 275 g/mol. The van der Waals surface area contributed by atoms with Crippen LogP contribution in [0.1, 0.15) is 38.8 Å². The van der Waals surface area contributed by atoms with Crippen LogP contribution in [0.3, 0.4) is 0 Å². The molecule has 4 heteroatoms. The van der Waals surface area contributed by atoms with Crippen LogP contribution in [0.15, 0.2) is 30.3 Å². The van der Waals surface area contributed by atoms with Crippen molar-refractivity contribution in [2.75, 3.05) is 6.61 Å². The lowest BCUT2D eigenvalue weighted by molar-refractivity contribution is -0.146. The van der Waals surface area contributed by atoms with Gasteiger partial charge in [-0.3, -0.25) is 14.5 Å². The van der Waals surface area contributed by atoms with Crippen LogP contribution in [-0.2, 0) is 9.59 Å². The molecule has 4 nitrogen and oxygen atoms in total. The van der Waals surface area contributed by atoms with Crippen LogP contribution in [0.5, 0.6) is 0 Å². The van der Waals surface area contributed by atoms with Crippen LogP contribution in [-0.4, -0.2) is 28.4 Å². The molecule has 1 aliphatic heterocycles. The number of hydrogen-bond acceptors (Lipinski definition) is 3. The molecule has 2 unspecified atom stereocenters. The number of rotatable bonds is 4. The van der Waals surface area contributed by atoms with E-state index in [0.717, 1.165) is 5.56 Å². The average Bonchev–Trinajstić information content (AvgIpc) is 2.66. The zero-order valence-corrected chi connectivity index (χ0v) is 12.2. The normalized spacial score (nSPS) is 24.6. The number of imide groups is 1. The van der Waals surface area contributed by atoms with Gasteiger partial charge in [0.2, 0.25) is 11.8 Å². The van der Waals surface area contributed by atoms with E-state index >= 15 is 0 Å². The van der Waals surface area contributed by atoms with Crippen molar-refractivity contribution in [1.82, 2.24) is 4.90 Å². The summed E-state index contributed by atoms with van der Waals surface area (Å²) in [6.45, 7) is 5.48. The van der Waals surface area contributed by atoms with Crippen LogP contribution in [0.25, 0.3) is 0 Å². The van der Waals surface area contributed by atoms with E-state index < -0.39 is 11.5 Å². The molecular weight excluding hydrogens is 254 g/mol. The predicted molar refractivity (Wildman–Crippen MR) is 75.7 cm³/mol. The molecule has 1 N–H and O–H groups in total. The molecule has 0 spiro atoms. The van der Waals surface area contributed by atoms with Crippen LogP contribution in [0.2, 0.25) is 0 Å². The van der Waals surface area contributed by atoms with Gasteiger partial charge >= 0.3 is 0 Å². The van der Waals surface area contributed by atoms with Crippen molar-refractivity contribution in [1.29, 1.82) is 0 Å². The molecule has 2 atom stereocenters. The first-order valence-corrected chi connectivity index (χ1v) is 6.94. The summed E-state index contributed by atoms with van der Waals surface area (Å²) >= 11 is 0. The van der Waals surface area contributed by atoms with Crippen molar-refractivity contribution in [3.63, 3.8) is 0 Å². The van der Waals surface area contributed by atoms with Gasteiger partial charge in [-0.2, -0.15) is 0 Å². The molecule has 0 aromatic heterocycles. The number of aliphatic hydroxyl groups excluding tert-OH is 1. The molecule has 0 saturated carbocycles. The van der Waals surface area contributed by atoms with E-state index in [0.29, 0.717) is 0 Å². The standard InChI is InChI=1S/C16H21NO3/c1-11(2)16(3)9-14(19)17(15(16)20)13(10-18)12-7-5-4-6-8-12/h4-8,11,13,18H,9-10H2,1-3H3. The fourth-order valence-electron chi connectivity index (χ4n) is 2.64. The van der Waals surface area contributed by atoms with Gasteiger partial charge in [-0.05, 0) is 18.4 Å². The van der Waals surface area contributed by atoms with Crippen molar-refractivity contribution < 1.29 is 14.7 Å². The van der Waals surface area contributed by atoms with Gasteiger partial charge in [-0.1, -0.05) is 44.2 Å². The van der Waals surface area contributed by atoms with E-state index in [1.54, 1.807) is 0 Å². The maximum absolute atomic E-state index is 12.6. The highest BCUT2D eigenvalue weighted by molar-refractivity contribution is 6.06. The maximum atomic E-state index is 12.6. The summed E-state index contributed by atoms with van der Waals surface area (Å²) in [4.78, 5) is 26.2. The smallest absolute Gasteiger partial charge is 0.236 e. The molecule has 108 valence electrons. The number of hydrogen-bond donors (Lipinski definition) is 1. The Morgan fingerprint density at radius 1 is 1.25 bits per heavy atom. The fourth-order valence-corrected chi connectivity index (χ4v) is 2.64. The molecule has 0 bridgehead atoms. The Morgan fingerprint density at radius 2 is 1.85 bits per heavy atom. The summed E-state index contributed by atoms with van der Waals surface area (Å²) in [5.41, 5.74) is 0.115. The Balaban J connectivity index is 2.37. The highest BCUT2D eigenvalue weighted by Gasteiger charge is 2.52. The molecule has 0 aliphatic carbocycles. The van der Waals surface area contributed by atoms with Gasteiger partial charge in [0.15, 0.2) is 0 Å². The second-order valence-electron chi connectivity index (χ2n) is 5.93. The molecule has 1 heterocycles. The zero-order chi connectivity index (χ0) is 14.9. The summed E-state index contributed by atoms with van der Waals surface area (Å²) in [5, 5.41) is 9.64. The Morgan fingerprint density at radius 3 is 2.30 bits per heavy atom. The Hall–Kier alpha value is -1.68. The van der Waals surface area contributed by atoms with E-state index in [4.69, 9.17) is 0 Å². The molecule has 0 radical (unpaired) electrons. The lowest BCUT2D eigenvalue weighted by Gasteiger charge is -2.29. The topological polar surface area (TPSA) is 57.6 Å². The van der Waals surface area contributed by atoms with E-state index in [1.807, 2.05) is 51.1 Å². The zero-order valence-electron chi connectivity index (χ0n) is 12.2. The minimum absolute atomic E-state index is 0.0825. The van der Waals surface area contributed by atoms with Crippen LogP contribution in [0.4, 0.5) is 0 Å². The van der Waals surface area contributed by atoms with Crippen LogP contribution < -0.4 is 0 Å². The number of likely N-dealkylation sites (tertiary alicyclic amines) is 1. The lowest BCUT2D eigenvalue weighted by atomic mass is 9.78. The minimum atomic E-state index is -0.667. The first-order chi connectivity index (χ1) is 9.41. The Labute approximate surface area is 119 Å². The summed E-state index contributed by atoms with van der Waals surface area (Å²) in [5.74, 6) is -0.298. The third-order valence-electron chi connectivity index (χ3n) is 4.44. The molecule has 2 amide bonds. The summed E-state index contributed by atoms with van der Waals surface area (Å²) in [7, 11) is 0. The average molecular weight is 275 g/mol. The largest absolute Gasteiger partial charge is 0.394 e. The molecule has 2 rings (SSSR count). The quantitative estimate of drug-likeness (QED) is 0.856. The SMILES string of the molecule is CC(C)C1(C)CC(=O)N(C(CO)c2ccccc2)C1=O. The summed E-state index contributed by atoms with van der Waals surface area (Å²) in [6, 6.07) is 8.61. The lowest BCUT2D eigenvalue weighted by Crippen LogP contribution is -2.40. The minimum Gasteiger partial charge on any atom is -0.394 e.